The van der Waals surface area contributed by atoms with Crippen molar-refractivity contribution < 1.29 is 4.79 Å². The van der Waals surface area contributed by atoms with Crippen molar-refractivity contribution in [3.05, 3.63) is 17.5 Å². The predicted octanol–water partition coefficient (Wildman–Crippen LogP) is 2.47. The molecule has 5 heteroatoms. The first-order valence-corrected chi connectivity index (χ1v) is 8.53. The van der Waals surface area contributed by atoms with E-state index in [1.165, 1.54) is 18.5 Å². The largest absolute Gasteiger partial charge is 0.333 e. The molecule has 1 aromatic rings. The summed E-state index contributed by atoms with van der Waals surface area (Å²) in [4.78, 5) is 14.8. The van der Waals surface area contributed by atoms with E-state index in [2.05, 4.69) is 30.6 Å². The minimum atomic E-state index is -0.0916. The summed E-state index contributed by atoms with van der Waals surface area (Å²) in [5.74, 6) is 0.639. The van der Waals surface area contributed by atoms with Gasteiger partial charge in [0, 0.05) is 30.7 Å². The van der Waals surface area contributed by atoms with Crippen molar-refractivity contribution in [1.82, 2.24) is 14.7 Å². The Balaban J connectivity index is 1.89. The number of aromatic nitrogens is 2. The van der Waals surface area contributed by atoms with Gasteiger partial charge in [-0.2, -0.15) is 5.10 Å². The zero-order valence-corrected chi connectivity index (χ0v) is 14.0. The summed E-state index contributed by atoms with van der Waals surface area (Å²) >= 11 is 0. The number of nitrogens with two attached hydrogens (primary N) is 1. The zero-order valence-electron chi connectivity index (χ0n) is 14.0. The Kier molecular flexibility index (Phi) is 4.02. The Morgan fingerprint density at radius 2 is 2.05 bits per heavy atom. The minimum Gasteiger partial charge on any atom is -0.333 e. The molecule has 2 fully saturated rings. The second-order valence-corrected chi connectivity index (χ2v) is 7.70. The molecule has 2 N–H and O–H groups in total. The molecule has 0 bridgehead atoms. The molecule has 1 saturated heterocycles. The molecule has 1 saturated carbocycles. The van der Waals surface area contributed by atoms with Crippen LogP contribution in [0.25, 0.3) is 0 Å². The summed E-state index contributed by atoms with van der Waals surface area (Å²) in [7, 11) is 0. The van der Waals surface area contributed by atoms with Crippen LogP contribution in [0.3, 0.4) is 0 Å². The molecule has 0 radical (unpaired) electrons. The highest BCUT2D eigenvalue weighted by atomic mass is 16.2. The van der Waals surface area contributed by atoms with Crippen molar-refractivity contribution >= 4 is 5.91 Å². The fourth-order valence-electron chi connectivity index (χ4n) is 3.37. The average Bonchev–Trinajstić information content (AvgIpc) is 3.23. The van der Waals surface area contributed by atoms with E-state index in [-0.39, 0.29) is 17.5 Å². The third-order valence-electron chi connectivity index (χ3n) is 4.75. The molecule has 1 atom stereocenters. The van der Waals surface area contributed by atoms with Crippen molar-refractivity contribution in [1.29, 1.82) is 0 Å². The molecular formula is C17H28N4O. The first-order chi connectivity index (χ1) is 10.4. The first-order valence-electron chi connectivity index (χ1n) is 8.53. The second-order valence-electron chi connectivity index (χ2n) is 7.70. The predicted molar refractivity (Wildman–Crippen MR) is 86.9 cm³/mol. The highest BCUT2D eigenvalue weighted by Crippen LogP contribution is 2.41. The fourth-order valence-corrected chi connectivity index (χ4v) is 3.37. The highest BCUT2D eigenvalue weighted by molar-refractivity contribution is 5.92. The van der Waals surface area contributed by atoms with Gasteiger partial charge in [0.05, 0.1) is 5.54 Å². The van der Waals surface area contributed by atoms with E-state index >= 15 is 0 Å². The van der Waals surface area contributed by atoms with E-state index in [4.69, 9.17) is 5.73 Å². The molecule has 1 unspecified atom stereocenters. The van der Waals surface area contributed by atoms with Gasteiger partial charge in [-0.3, -0.25) is 9.48 Å². The number of nitrogens with zero attached hydrogens (tertiary/aromatic N) is 3. The van der Waals surface area contributed by atoms with Crippen molar-refractivity contribution in [2.75, 3.05) is 13.1 Å². The normalized spacial score (nSPS) is 22.9. The number of carbonyl (C=O) groups is 1. The molecule has 1 aliphatic heterocycles. The Labute approximate surface area is 132 Å². The van der Waals surface area contributed by atoms with E-state index in [0.29, 0.717) is 18.2 Å². The molecule has 0 spiro atoms. The quantitative estimate of drug-likeness (QED) is 0.933. The molecular weight excluding hydrogens is 276 g/mol. The lowest BCUT2D eigenvalue weighted by Crippen LogP contribution is -2.47. The highest BCUT2D eigenvalue weighted by Gasteiger charge is 2.34. The Morgan fingerprint density at radius 3 is 2.64 bits per heavy atom. The average molecular weight is 304 g/mol. The van der Waals surface area contributed by atoms with Crippen LogP contribution in [0.1, 0.15) is 75.0 Å². The standard InChI is InChI=1S/C17H28N4O/c1-17(2,3)21-15(12-7-8-12)10-14(19-21)16(22)20-9-5-4-6-13(20)11-18/h10,12-13H,4-9,11,18H2,1-3H3. The number of rotatable bonds is 3. The lowest BCUT2D eigenvalue weighted by molar-refractivity contribution is 0.0615. The van der Waals surface area contributed by atoms with E-state index < -0.39 is 0 Å². The van der Waals surface area contributed by atoms with Gasteiger partial charge in [0.25, 0.3) is 5.91 Å². The first kappa shape index (κ1) is 15.5. The van der Waals surface area contributed by atoms with Crippen LogP contribution >= 0.6 is 0 Å². The van der Waals surface area contributed by atoms with Crippen LogP contribution in [-0.4, -0.2) is 39.7 Å². The molecule has 0 aromatic carbocycles. The van der Waals surface area contributed by atoms with Crippen LogP contribution < -0.4 is 5.73 Å². The maximum absolute atomic E-state index is 12.9. The fraction of sp³-hybridized carbons (Fsp3) is 0.765. The minimum absolute atomic E-state index is 0.0556. The molecule has 2 aliphatic rings. The third kappa shape index (κ3) is 2.91. The lowest BCUT2D eigenvalue weighted by Gasteiger charge is -2.34. The number of hydrogen-bond donors (Lipinski definition) is 1. The maximum atomic E-state index is 12.9. The summed E-state index contributed by atoms with van der Waals surface area (Å²) in [6.45, 7) is 7.78. The Hall–Kier alpha value is -1.36. The number of likely N-dealkylation sites (tertiary alicyclic amines) is 1. The Morgan fingerprint density at radius 1 is 1.32 bits per heavy atom. The van der Waals surface area contributed by atoms with Gasteiger partial charge in [0.15, 0.2) is 5.69 Å². The molecule has 5 nitrogen and oxygen atoms in total. The topological polar surface area (TPSA) is 64.2 Å². The summed E-state index contributed by atoms with van der Waals surface area (Å²) in [5, 5.41) is 4.67. The van der Waals surface area contributed by atoms with E-state index in [0.717, 1.165) is 25.8 Å². The van der Waals surface area contributed by atoms with Crippen molar-refractivity contribution in [3.8, 4) is 0 Å². The molecule has 1 amide bonds. The monoisotopic (exact) mass is 304 g/mol. The van der Waals surface area contributed by atoms with Crippen molar-refractivity contribution in [2.24, 2.45) is 5.73 Å². The molecule has 1 aliphatic carbocycles. The molecule has 1 aromatic heterocycles. The van der Waals surface area contributed by atoms with Gasteiger partial charge in [-0.25, -0.2) is 0 Å². The van der Waals surface area contributed by atoms with Crippen LogP contribution in [0.15, 0.2) is 6.07 Å². The van der Waals surface area contributed by atoms with Crippen LogP contribution in [0.5, 0.6) is 0 Å². The zero-order chi connectivity index (χ0) is 15.9. The van der Waals surface area contributed by atoms with Crippen molar-refractivity contribution in [2.45, 2.75) is 70.4 Å². The second kappa shape index (κ2) is 5.69. The molecule has 2 heterocycles. The molecule has 3 rings (SSSR count). The van der Waals surface area contributed by atoms with Gasteiger partial charge >= 0.3 is 0 Å². The number of amides is 1. The van der Waals surface area contributed by atoms with Crippen molar-refractivity contribution in [3.63, 3.8) is 0 Å². The van der Waals surface area contributed by atoms with E-state index in [1.54, 1.807) is 0 Å². The number of hydrogen-bond acceptors (Lipinski definition) is 3. The number of carbonyl (C=O) groups excluding carboxylic acids is 1. The molecule has 22 heavy (non-hydrogen) atoms. The number of piperidine rings is 1. The summed E-state index contributed by atoms with van der Waals surface area (Å²) in [6, 6.07) is 2.19. The van der Waals surface area contributed by atoms with Gasteiger partial charge in [0.1, 0.15) is 0 Å². The van der Waals surface area contributed by atoms with Crippen LogP contribution in [0.2, 0.25) is 0 Å². The smallest absolute Gasteiger partial charge is 0.274 e. The van der Waals surface area contributed by atoms with Gasteiger partial charge in [-0.15, -0.1) is 0 Å². The molecule has 122 valence electrons. The SMILES string of the molecule is CC(C)(C)n1nc(C(=O)N2CCCCC2CN)cc1C1CC1. The van der Waals surface area contributed by atoms with Crippen LogP contribution in [-0.2, 0) is 5.54 Å². The van der Waals surface area contributed by atoms with Gasteiger partial charge in [-0.1, -0.05) is 0 Å². The van der Waals surface area contributed by atoms with Crippen LogP contribution in [0.4, 0.5) is 0 Å². The van der Waals surface area contributed by atoms with E-state index in [9.17, 15) is 4.79 Å². The van der Waals surface area contributed by atoms with Gasteiger partial charge < -0.3 is 10.6 Å². The maximum Gasteiger partial charge on any atom is 0.274 e. The van der Waals surface area contributed by atoms with Crippen LogP contribution in [0, 0.1) is 0 Å². The summed E-state index contributed by atoms with van der Waals surface area (Å²) in [5.41, 5.74) is 7.58. The van der Waals surface area contributed by atoms with E-state index in [1.807, 2.05) is 11.0 Å². The third-order valence-corrected chi connectivity index (χ3v) is 4.75. The lowest BCUT2D eigenvalue weighted by atomic mass is 10.0. The Bertz CT molecular complexity index is 553. The van der Waals surface area contributed by atoms with Gasteiger partial charge in [0.2, 0.25) is 0 Å². The summed E-state index contributed by atoms with van der Waals surface area (Å²) < 4.78 is 2.05. The summed E-state index contributed by atoms with van der Waals surface area (Å²) in [6.07, 6.45) is 5.67. The van der Waals surface area contributed by atoms with Gasteiger partial charge in [-0.05, 0) is 58.9 Å².